The van der Waals surface area contributed by atoms with Gasteiger partial charge in [-0.25, -0.2) is 4.79 Å². The number of amides is 1. The first-order chi connectivity index (χ1) is 5.15. The van der Waals surface area contributed by atoms with Crippen molar-refractivity contribution in [2.75, 3.05) is 6.54 Å². The summed E-state index contributed by atoms with van der Waals surface area (Å²) in [5.74, 6) is -0.445. The summed E-state index contributed by atoms with van der Waals surface area (Å²) in [4.78, 5) is 22.2. The van der Waals surface area contributed by atoms with Crippen LogP contribution in [0.5, 0.6) is 0 Å². The van der Waals surface area contributed by atoms with Gasteiger partial charge in [0.15, 0.2) is 6.23 Å². The van der Waals surface area contributed by atoms with Gasteiger partial charge in [-0.2, -0.15) is 0 Å². The summed E-state index contributed by atoms with van der Waals surface area (Å²) in [5, 5.41) is 0. The van der Waals surface area contributed by atoms with Gasteiger partial charge in [-0.15, -0.1) is 0 Å². The van der Waals surface area contributed by atoms with E-state index in [-0.39, 0.29) is 6.23 Å². The standard InChI is InChI=1S/C7H9NO3/c1-5(2)7(10)11-6-3-8(6)4-9/h4,6H,1,3H2,2H3. The van der Waals surface area contributed by atoms with Crippen LogP contribution < -0.4 is 0 Å². The second-order valence-electron chi connectivity index (χ2n) is 2.44. The van der Waals surface area contributed by atoms with Gasteiger partial charge in [-0.05, 0) is 6.92 Å². The van der Waals surface area contributed by atoms with E-state index in [1.807, 2.05) is 0 Å². The number of ether oxygens (including phenoxy) is 1. The van der Waals surface area contributed by atoms with E-state index in [0.717, 1.165) is 0 Å². The molecule has 4 nitrogen and oxygen atoms in total. The Labute approximate surface area is 64.4 Å². The lowest BCUT2D eigenvalue weighted by atomic mass is 10.4. The molecule has 11 heavy (non-hydrogen) atoms. The summed E-state index contributed by atoms with van der Waals surface area (Å²) < 4.78 is 4.78. The number of hydrogen-bond donors (Lipinski definition) is 0. The Morgan fingerprint density at radius 1 is 1.82 bits per heavy atom. The Morgan fingerprint density at radius 3 is 2.82 bits per heavy atom. The van der Waals surface area contributed by atoms with Gasteiger partial charge in [0, 0.05) is 5.57 Å². The fraction of sp³-hybridized carbons (Fsp3) is 0.429. The molecule has 0 radical (unpaired) electrons. The molecule has 0 bridgehead atoms. The number of esters is 1. The van der Waals surface area contributed by atoms with Gasteiger partial charge in [0.25, 0.3) is 0 Å². The molecular weight excluding hydrogens is 146 g/mol. The molecule has 0 N–H and O–H groups in total. The number of nitrogens with zero attached hydrogens (tertiary/aromatic N) is 1. The summed E-state index contributed by atoms with van der Waals surface area (Å²) in [6, 6.07) is 0. The Bertz CT molecular complexity index is 212. The fourth-order valence-corrected chi connectivity index (χ4v) is 0.573. The lowest BCUT2D eigenvalue weighted by Gasteiger charge is -2.00. The van der Waals surface area contributed by atoms with Crippen LogP contribution in [-0.4, -0.2) is 30.1 Å². The lowest BCUT2D eigenvalue weighted by Crippen LogP contribution is -2.11. The zero-order valence-electron chi connectivity index (χ0n) is 6.24. The largest absolute Gasteiger partial charge is 0.436 e. The van der Waals surface area contributed by atoms with E-state index in [9.17, 15) is 9.59 Å². The molecule has 1 saturated heterocycles. The second-order valence-corrected chi connectivity index (χ2v) is 2.44. The van der Waals surface area contributed by atoms with Crippen LogP contribution in [0.4, 0.5) is 0 Å². The lowest BCUT2D eigenvalue weighted by molar-refractivity contribution is -0.142. The van der Waals surface area contributed by atoms with E-state index in [1.54, 1.807) is 6.92 Å². The monoisotopic (exact) mass is 155 g/mol. The highest BCUT2D eigenvalue weighted by atomic mass is 16.6. The minimum absolute atomic E-state index is 0.350. The fourth-order valence-electron chi connectivity index (χ4n) is 0.573. The summed E-state index contributed by atoms with van der Waals surface area (Å²) in [7, 11) is 0. The molecule has 1 rings (SSSR count). The first kappa shape index (κ1) is 7.78. The van der Waals surface area contributed by atoms with Crippen molar-refractivity contribution in [3.05, 3.63) is 12.2 Å². The van der Waals surface area contributed by atoms with Gasteiger partial charge in [-0.1, -0.05) is 6.58 Å². The van der Waals surface area contributed by atoms with E-state index in [2.05, 4.69) is 6.58 Å². The van der Waals surface area contributed by atoms with Crippen molar-refractivity contribution >= 4 is 12.4 Å². The predicted octanol–water partition coefficient (Wildman–Crippen LogP) is -0.0962. The Kier molecular flexibility index (Phi) is 1.94. The highest BCUT2D eigenvalue weighted by molar-refractivity contribution is 5.87. The van der Waals surface area contributed by atoms with Gasteiger partial charge in [0.2, 0.25) is 6.41 Å². The van der Waals surface area contributed by atoms with Crippen molar-refractivity contribution in [3.63, 3.8) is 0 Å². The molecule has 1 amide bonds. The van der Waals surface area contributed by atoms with Crippen LogP contribution >= 0.6 is 0 Å². The normalized spacial score (nSPS) is 20.8. The van der Waals surface area contributed by atoms with Gasteiger partial charge in [-0.3, -0.25) is 4.79 Å². The average Bonchev–Trinajstić information content (AvgIpc) is 2.67. The molecule has 0 aliphatic carbocycles. The zero-order valence-corrected chi connectivity index (χ0v) is 6.24. The molecule has 0 aromatic rings. The molecule has 1 unspecified atom stereocenters. The van der Waals surface area contributed by atoms with Crippen LogP contribution in [0.1, 0.15) is 6.92 Å². The third-order valence-electron chi connectivity index (χ3n) is 1.33. The Balaban J connectivity index is 2.28. The van der Waals surface area contributed by atoms with Crippen LogP contribution in [-0.2, 0) is 14.3 Å². The van der Waals surface area contributed by atoms with Crippen molar-refractivity contribution in [2.45, 2.75) is 13.2 Å². The number of hydrogen-bond acceptors (Lipinski definition) is 3. The third-order valence-corrected chi connectivity index (χ3v) is 1.33. The first-order valence-electron chi connectivity index (χ1n) is 3.22. The minimum Gasteiger partial charge on any atom is -0.436 e. The van der Waals surface area contributed by atoms with E-state index in [0.29, 0.717) is 18.5 Å². The molecular formula is C7H9NO3. The van der Waals surface area contributed by atoms with Gasteiger partial charge in [0.05, 0.1) is 6.54 Å². The van der Waals surface area contributed by atoms with Crippen LogP contribution in [0.3, 0.4) is 0 Å². The van der Waals surface area contributed by atoms with Crippen LogP contribution in [0.2, 0.25) is 0 Å². The topological polar surface area (TPSA) is 46.4 Å². The van der Waals surface area contributed by atoms with Crippen molar-refractivity contribution < 1.29 is 14.3 Å². The zero-order chi connectivity index (χ0) is 8.43. The van der Waals surface area contributed by atoms with E-state index >= 15 is 0 Å². The molecule has 1 atom stereocenters. The molecule has 1 heterocycles. The van der Waals surface area contributed by atoms with Crippen LogP contribution in [0.25, 0.3) is 0 Å². The molecule has 4 heteroatoms. The molecule has 1 aliphatic heterocycles. The molecule has 60 valence electrons. The highest BCUT2D eigenvalue weighted by Crippen LogP contribution is 2.16. The molecule has 1 fully saturated rings. The van der Waals surface area contributed by atoms with Crippen molar-refractivity contribution in [2.24, 2.45) is 0 Å². The molecule has 1 aliphatic rings. The van der Waals surface area contributed by atoms with Gasteiger partial charge >= 0.3 is 5.97 Å². The third kappa shape index (κ3) is 1.80. The smallest absolute Gasteiger partial charge is 0.335 e. The van der Waals surface area contributed by atoms with Gasteiger partial charge in [0.1, 0.15) is 0 Å². The summed E-state index contributed by atoms with van der Waals surface area (Å²) in [6.07, 6.45) is 0.299. The maximum absolute atomic E-state index is 10.8. The quantitative estimate of drug-likeness (QED) is 0.247. The number of rotatable bonds is 3. The van der Waals surface area contributed by atoms with Crippen LogP contribution in [0.15, 0.2) is 12.2 Å². The number of carbonyl (C=O) groups is 2. The highest BCUT2D eigenvalue weighted by Gasteiger charge is 2.36. The summed E-state index contributed by atoms with van der Waals surface area (Å²) in [6.45, 7) is 5.47. The van der Waals surface area contributed by atoms with Gasteiger partial charge < -0.3 is 9.64 Å². The van der Waals surface area contributed by atoms with Crippen molar-refractivity contribution in [1.29, 1.82) is 0 Å². The molecule has 0 spiro atoms. The first-order valence-corrected chi connectivity index (χ1v) is 3.22. The average molecular weight is 155 g/mol. The molecule has 0 aromatic heterocycles. The molecule has 0 saturated carbocycles. The SMILES string of the molecule is C=C(C)C(=O)OC1CN1C=O. The number of carbonyl (C=O) groups excluding carboxylic acids is 2. The second kappa shape index (κ2) is 2.74. The maximum Gasteiger partial charge on any atom is 0.335 e. The summed E-state index contributed by atoms with van der Waals surface area (Å²) in [5.41, 5.74) is 0.350. The molecule has 0 aromatic carbocycles. The van der Waals surface area contributed by atoms with Crippen LogP contribution in [0, 0.1) is 0 Å². The van der Waals surface area contributed by atoms with Crippen molar-refractivity contribution in [1.82, 2.24) is 4.90 Å². The maximum atomic E-state index is 10.8. The Hall–Kier alpha value is -1.32. The van der Waals surface area contributed by atoms with E-state index < -0.39 is 5.97 Å². The summed E-state index contributed by atoms with van der Waals surface area (Å²) >= 11 is 0. The van der Waals surface area contributed by atoms with Crippen molar-refractivity contribution in [3.8, 4) is 0 Å². The Morgan fingerprint density at radius 2 is 2.45 bits per heavy atom. The predicted molar refractivity (Wildman–Crippen MR) is 37.5 cm³/mol. The minimum atomic E-state index is -0.445. The van der Waals surface area contributed by atoms with E-state index in [1.165, 1.54) is 4.90 Å². The van der Waals surface area contributed by atoms with E-state index in [4.69, 9.17) is 4.74 Å².